The van der Waals surface area contributed by atoms with Crippen LogP contribution in [0.4, 0.5) is 0 Å². The molecule has 0 aliphatic carbocycles. The molecule has 30 heavy (non-hydrogen) atoms. The number of thiazole rings is 1. The molecule has 0 aliphatic rings. The lowest BCUT2D eigenvalue weighted by molar-refractivity contribution is -0.111. The van der Waals surface area contributed by atoms with E-state index in [1.54, 1.807) is 0 Å². The molecule has 0 bridgehead atoms. The van der Waals surface area contributed by atoms with E-state index < -0.39 is 0 Å². The highest BCUT2D eigenvalue weighted by atomic mass is 32.1. The van der Waals surface area contributed by atoms with E-state index in [1.165, 1.54) is 22.5 Å². The van der Waals surface area contributed by atoms with Gasteiger partial charge < -0.3 is 15.4 Å². The second-order valence-corrected chi connectivity index (χ2v) is 9.41. The van der Waals surface area contributed by atoms with Crippen molar-refractivity contribution < 1.29 is 9.59 Å². The molecule has 1 heterocycles. The van der Waals surface area contributed by atoms with E-state index in [0.29, 0.717) is 30.8 Å². The molecule has 5 nitrogen and oxygen atoms in total. The van der Waals surface area contributed by atoms with Crippen molar-refractivity contribution in [2.75, 3.05) is 13.1 Å². The fourth-order valence-electron chi connectivity index (χ4n) is 3.08. The average Bonchev–Trinajstić information content (AvgIpc) is 3.17. The number of nitrogens with zero attached hydrogens (tertiary/aromatic N) is 1. The molecule has 1 aromatic heterocycles. The van der Waals surface area contributed by atoms with Crippen molar-refractivity contribution in [1.29, 1.82) is 0 Å². The zero-order valence-corrected chi connectivity index (χ0v) is 20.0. The van der Waals surface area contributed by atoms with Crippen molar-refractivity contribution in [2.45, 2.75) is 72.3 Å². The Bertz CT molecular complexity index is 699. The molecule has 0 saturated heterocycles. The standard InChI is InChI=1S/C15H22N2S.C9H17NO2/c1-4-12(9-10-16-11(2)3)15-17-13-7-5-6-8-14(13)18-15;1-8(5-10-7-12)3-4-9(2)6-11/h5-8,11-12,16H,4,9-10H2,1-3H3;6-9H,3-5H2,1-2H3,(H,10,12)/t;8?,9-/m.0/s1. The van der Waals surface area contributed by atoms with Crippen molar-refractivity contribution in [3.63, 3.8) is 0 Å². The molecule has 1 aromatic carbocycles. The van der Waals surface area contributed by atoms with Crippen molar-refractivity contribution in [3.05, 3.63) is 29.3 Å². The molecule has 168 valence electrons. The Morgan fingerprint density at radius 1 is 1.07 bits per heavy atom. The summed E-state index contributed by atoms with van der Waals surface area (Å²) in [5.74, 6) is 1.19. The van der Waals surface area contributed by atoms with Gasteiger partial charge in [0.1, 0.15) is 6.29 Å². The molecule has 0 radical (unpaired) electrons. The number of nitrogens with one attached hydrogen (secondary N) is 2. The lowest BCUT2D eigenvalue weighted by Crippen LogP contribution is -2.24. The maximum Gasteiger partial charge on any atom is 0.207 e. The van der Waals surface area contributed by atoms with Crippen LogP contribution in [0.1, 0.15) is 71.2 Å². The molecule has 0 aliphatic heterocycles. The number of para-hydroxylation sites is 1. The molecule has 3 atom stereocenters. The first-order valence-corrected chi connectivity index (χ1v) is 11.9. The normalized spacial score (nSPS) is 13.9. The van der Waals surface area contributed by atoms with E-state index in [-0.39, 0.29) is 5.92 Å². The summed E-state index contributed by atoms with van der Waals surface area (Å²) in [6, 6.07) is 8.99. The first-order chi connectivity index (χ1) is 14.4. The van der Waals surface area contributed by atoms with Gasteiger partial charge in [-0.25, -0.2) is 4.98 Å². The van der Waals surface area contributed by atoms with Gasteiger partial charge in [-0.15, -0.1) is 11.3 Å². The second kappa shape index (κ2) is 15.1. The van der Waals surface area contributed by atoms with Gasteiger partial charge in [0.25, 0.3) is 0 Å². The summed E-state index contributed by atoms with van der Waals surface area (Å²) < 4.78 is 1.31. The van der Waals surface area contributed by atoms with E-state index in [1.807, 2.05) is 18.3 Å². The third kappa shape index (κ3) is 10.3. The van der Waals surface area contributed by atoms with Gasteiger partial charge in [0.2, 0.25) is 6.41 Å². The van der Waals surface area contributed by atoms with Crippen molar-refractivity contribution in [2.24, 2.45) is 11.8 Å². The monoisotopic (exact) mass is 433 g/mol. The summed E-state index contributed by atoms with van der Waals surface area (Å²) in [7, 11) is 0. The molecule has 2 N–H and O–H groups in total. The predicted octanol–water partition coefficient (Wildman–Crippen LogP) is 5.16. The van der Waals surface area contributed by atoms with Crippen molar-refractivity contribution >= 4 is 34.2 Å². The summed E-state index contributed by atoms with van der Waals surface area (Å²) in [6.45, 7) is 12.4. The van der Waals surface area contributed by atoms with E-state index in [9.17, 15) is 9.59 Å². The molecule has 2 rings (SSSR count). The number of rotatable bonds is 13. The Kier molecular flexibility index (Phi) is 13.2. The summed E-state index contributed by atoms with van der Waals surface area (Å²) in [4.78, 5) is 25.0. The highest BCUT2D eigenvalue weighted by molar-refractivity contribution is 7.18. The maximum atomic E-state index is 10.3. The molecule has 2 unspecified atom stereocenters. The Morgan fingerprint density at radius 2 is 1.80 bits per heavy atom. The van der Waals surface area contributed by atoms with Crippen LogP contribution in [0.3, 0.4) is 0 Å². The minimum atomic E-state index is 0.142. The number of benzene rings is 1. The largest absolute Gasteiger partial charge is 0.358 e. The lowest BCUT2D eigenvalue weighted by atomic mass is 9.99. The molecule has 2 aromatic rings. The Balaban J connectivity index is 0.000000329. The third-order valence-corrected chi connectivity index (χ3v) is 6.29. The topological polar surface area (TPSA) is 71.1 Å². The Hall–Kier alpha value is -1.79. The van der Waals surface area contributed by atoms with E-state index in [2.05, 4.69) is 62.6 Å². The van der Waals surface area contributed by atoms with E-state index in [4.69, 9.17) is 4.98 Å². The minimum absolute atomic E-state index is 0.142. The van der Waals surface area contributed by atoms with Crippen LogP contribution in [-0.2, 0) is 9.59 Å². The quantitative estimate of drug-likeness (QED) is 0.428. The summed E-state index contributed by atoms with van der Waals surface area (Å²) in [6.07, 6.45) is 5.92. The maximum absolute atomic E-state index is 10.3. The van der Waals surface area contributed by atoms with Gasteiger partial charge in [0.05, 0.1) is 15.2 Å². The molecule has 0 spiro atoms. The summed E-state index contributed by atoms with van der Waals surface area (Å²) in [5, 5.41) is 7.41. The van der Waals surface area contributed by atoms with Crippen LogP contribution in [0.15, 0.2) is 24.3 Å². The number of aromatic nitrogens is 1. The Morgan fingerprint density at radius 3 is 2.40 bits per heavy atom. The van der Waals surface area contributed by atoms with Gasteiger partial charge in [-0.1, -0.05) is 46.8 Å². The number of aldehydes is 1. The van der Waals surface area contributed by atoms with Crippen LogP contribution in [-0.4, -0.2) is 36.8 Å². The summed E-state index contributed by atoms with van der Waals surface area (Å²) in [5.41, 5.74) is 1.15. The van der Waals surface area contributed by atoms with Crippen LogP contribution in [0.5, 0.6) is 0 Å². The highest BCUT2D eigenvalue weighted by Gasteiger charge is 2.14. The SMILES string of the molecule is CC(CC[C@H](C)C=O)CNC=O.CCC(CCNC(C)C)c1nc2ccccc2s1. The average molecular weight is 434 g/mol. The van der Waals surface area contributed by atoms with Gasteiger partial charge in [0.15, 0.2) is 0 Å². The van der Waals surface area contributed by atoms with E-state index in [0.717, 1.165) is 31.2 Å². The van der Waals surface area contributed by atoms with Gasteiger partial charge in [-0.2, -0.15) is 0 Å². The molecule has 0 fully saturated rings. The molecule has 1 amide bonds. The summed E-state index contributed by atoms with van der Waals surface area (Å²) >= 11 is 1.85. The lowest BCUT2D eigenvalue weighted by Gasteiger charge is -2.13. The first-order valence-electron chi connectivity index (χ1n) is 11.1. The smallest absolute Gasteiger partial charge is 0.207 e. The zero-order chi connectivity index (χ0) is 22.4. The fraction of sp³-hybridized carbons (Fsp3) is 0.625. The minimum Gasteiger partial charge on any atom is -0.358 e. The molecule has 0 saturated carbocycles. The van der Waals surface area contributed by atoms with E-state index >= 15 is 0 Å². The zero-order valence-electron chi connectivity index (χ0n) is 19.2. The van der Waals surface area contributed by atoms with Crippen molar-refractivity contribution in [3.8, 4) is 0 Å². The number of hydrogen-bond donors (Lipinski definition) is 2. The molecule has 6 heteroatoms. The number of carbonyl (C=O) groups excluding carboxylic acids is 2. The van der Waals surface area contributed by atoms with Gasteiger partial charge >= 0.3 is 0 Å². The number of amides is 1. The highest BCUT2D eigenvalue weighted by Crippen LogP contribution is 2.30. The number of carbonyl (C=O) groups is 2. The molecular formula is C24H39N3O2S. The first kappa shape index (κ1) is 26.2. The van der Waals surface area contributed by atoms with Crippen LogP contribution >= 0.6 is 11.3 Å². The van der Waals surface area contributed by atoms with Crippen LogP contribution < -0.4 is 10.6 Å². The fourth-order valence-corrected chi connectivity index (χ4v) is 4.27. The van der Waals surface area contributed by atoms with Crippen LogP contribution in [0.2, 0.25) is 0 Å². The van der Waals surface area contributed by atoms with Gasteiger partial charge in [-0.05, 0) is 50.3 Å². The van der Waals surface area contributed by atoms with Gasteiger partial charge in [0, 0.05) is 24.4 Å². The van der Waals surface area contributed by atoms with Crippen LogP contribution in [0.25, 0.3) is 10.2 Å². The number of fused-ring (bicyclic) bond motifs is 1. The second-order valence-electron chi connectivity index (χ2n) is 8.34. The van der Waals surface area contributed by atoms with Crippen LogP contribution in [0, 0.1) is 11.8 Å². The van der Waals surface area contributed by atoms with Crippen molar-refractivity contribution in [1.82, 2.24) is 15.6 Å². The third-order valence-electron chi connectivity index (χ3n) is 5.09. The molecular weight excluding hydrogens is 394 g/mol. The number of hydrogen-bond acceptors (Lipinski definition) is 5. The predicted molar refractivity (Wildman–Crippen MR) is 128 cm³/mol. The Labute approximate surface area is 186 Å². The van der Waals surface area contributed by atoms with Gasteiger partial charge in [-0.3, -0.25) is 4.79 Å².